The number of benzene rings is 1. The largest absolute Gasteiger partial charge is 0.458 e. The molecule has 0 radical (unpaired) electrons. The van der Waals surface area contributed by atoms with Gasteiger partial charge in [-0.05, 0) is 38.5 Å². The van der Waals surface area contributed by atoms with Crippen molar-refractivity contribution in [2.45, 2.75) is 58.2 Å². The van der Waals surface area contributed by atoms with Gasteiger partial charge in [-0.1, -0.05) is 25.1 Å². The van der Waals surface area contributed by atoms with E-state index in [9.17, 15) is 19.0 Å². The molecule has 1 N–H and O–H groups in total. The molecule has 5 heterocycles. The smallest absolute Gasteiger partial charge is 0.407 e. The Balaban J connectivity index is 1.49. The zero-order valence-electron chi connectivity index (χ0n) is 20.8. The number of pyridine rings is 2. The van der Waals surface area contributed by atoms with Gasteiger partial charge >= 0.3 is 13.7 Å². The van der Waals surface area contributed by atoms with Gasteiger partial charge < -0.3 is 18.9 Å². The number of rotatable bonds is 4. The summed E-state index contributed by atoms with van der Waals surface area (Å²) < 4.78 is 33.5. The van der Waals surface area contributed by atoms with E-state index < -0.39 is 19.3 Å². The molecule has 2 aromatic heterocycles. The lowest BCUT2D eigenvalue weighted by Gasteiger charge is -2.41. The summed E-state index contributed by atoms with van der Waals surface area (Å²) in [5, 5.41) is 0.965. The van der Waals surface area contributed by atoms with Crippen molar-refractivity contribution in [1.82, 2.24) is 14.2 Å². The Morgan fingerprint density at radius 1 is 1.19 bits per heavy atom. The van der Waals surface area contributed by atoms with Gasteiger partial charge in [-0.15, -0.1) is 0 Å². The third-order valence-electron chi connectivity index (χ3n) is 7.42. The number of carbonyl (C=O) groups is 1. The van der Waals surface area contributed by atoms with Crippen LogP contribution in [0.25, 0.3) is 22.3 Å². The Bertz CT molecular complexity index is 1540. The minimum atomic E-state index is -4.49. The summed E-state index contributed by atoms with van der Waals surface area (Å²) in [5.41, 5.74) is 1.11. The van der Waals surface area contributed by atoms with Crippen LogP contribution in [0.3, 0.4) is 0 Å². The molecular formula is C26H28N3O7P. The number of aromatic nitrogens is 2. The second-order valence-electron chi connectivity index (χ2n) is 9.97. The van der Waals surface area contributed by atoms with Crippen molar-refractivity contribution in [2.24, 2.45) is 0 Å². The third-order valence-corrected chi connectivity index (χ3v) is 9.01. The van der Waals surface area contributed by atoms with Crippen LogP contribution in [-0.2, 0) is 42.1 Å². The predicted molar refractivity (Wildman–Crippen MR) is 135 cm³/mol. The molecule has 1 unspecified atom stereocenters. The van der Waals surface area contributed by atoms with Crippen LogP contribution in [0.4, 0.5) is 0 Å². The van der Waals surface area contributed by atoms with Crippen LogP contribution in [0.1, 0.15) is 43.9 Å². The van der Waals surface area contributed by atoms with E-state index in [0.717, 1.165) is 16.5 Å². The standard InChI is InChI=1S/C26H28N3O7P/c1-4-26(36-37(32,33)28-11-15(2)35-16(3)12-28)20-10-22-23-18(9-17-7-5-6-8-21(17)27-23)13-29(22)24(30)19(20)14-34-25(26)31/h5-10,15-16H,4,11-14H2,1-3H3,(H,32,33)/t15-,16+,26-/m0/s1. The van der Waals surface area contributed by atoms with E-state index in [1.807, 2.05) is 30.3 Å². The Morgan fingerprint density at radius 3 is 2.65 bits per heavy atom. The van der Waals surface area contributed by atoms with E-state index in [-0.39, 0.29) is 55.0 Å². The molecule has 11 heteroatoms. The van der Waals surface area contributed by atoms with E-state index in [1.54, 1.807) is 31.4 Å². The lowest BCUT2D eigenvalue weighted by atomic mass is 9.86. The number of ether oxygens (including phenoxy) is 2. The van der Waals surface area contributed by atoms with Gasteiger partial charge in [0.15, 0.2) is 0 Å². The zero-order valence-corrected chi connectivity index (χ0v) is 21.7. The molecule has 0 aliphatic carbocycles. The van der Waals surface area contributed by atoms with E-state index in [2.05, 4.69) is 0 Å². The van der Waals surface area contributed by atoms with E-state index in [1.165, 1.54) is 4.67 Å². The van der Waals surface area contributed by atoms with Crippen LogP contribution < -0.4 is 5.56 Å². The molecule has 1 saturated heterocycles. The topological polar surface area (TPSA) is 120 Å². The van der Waals surface area contributed by atoms with Crippen LogP contribution >= 0.6 is 7.75 Å². The molecule has 0 bridgehead atoms. The monoisotopic (exact) mass is 525 g/mol. The minimum Gasteiger partial charge on any atom is -0.458 e. The maximum Gasteiger partial charge on any atom is 0.407 e. The molecule has 0 spiro atoms. The first-order valence-electron chi connectivity index (χ1n) is 12.4. The summed E-state index contributed by atoms with van der Waals surface area (Å²) in [6, 6.07) is 11.4. The summed E-state index contributed by atoms with van der Waals surface area (Å²) in [6.45, 7) is 5.72. The number of esters is 1. The molecule has 3 aromatic rings. The van der Waals surface area contributed by atoms with E-state index in [0.29, 0.717) is 17.9 Å². The molecule has 1 aromatic carbocycles. The van der Waals surface area contributed by atoms with Crippen LogP contribution in [0, 0.1) is 0 Å². The highest BCUT2D eigenvalue weighted by Gasteiger charge is 2.53. The van der Waals surface area contributed by atoms with Crippen molar-refractivity contribution >= 4 is 24.6 Å². The van der Waals surface area contributed by atoms with Crippen molar-refractivity contribution in [2.75, 3.05) is 13.1 Å². The maximum atomic E-state index is 13.7. The first-order chi connectivity index (χ1) is 17.6. The Morgan fingerprint density at radius 2 is 1.92 bits per heavy atom. The molecule has 37 heavy (non-hydrogen) atoms. The number of hydrogen-bond acceptors (Lipinski definition) is 7. The summed E-state index contributed by atoms with van der Waals surface area (Å²) in [5.74, 6) is -0.792. The lowest BCUT2D eigenvalue weighted by molar-refractivity contribution is -0.170. The number of carbonyl (C=O) groups excluding carboxylic acids is 1. The molecule has 10 nitrogen and oxygen atoms in total. The van der Waals surface area contributed by atoms with Crippen LogP contribution in [0.5, 0.6) is 0 Å². The minimum absolute atomic E-state index is 0.000268. The quantitative estimate of drug-likeness (QED) is 0.316. The number of fused-ring (bicyclic) bond motifs is 5. The fraction of sp³-hybridized carbons (Fsp3) is 0.423. The van der Waals surface area contributed by atoms with Crippen molar-refractivity contribution in [3.05, 3.63) is 63.4 Å². The highest BCUT2D eigenvalue weighted by atomic mass is 31.2. The fourth-order valence-corrected chi connectivity index (χ4v) is 7.38. The SMILES string of the molecule is CC[C@@]1(OP(=O)(O)N2C[C@@H](C)O[C@@H](C)C2)C(=O)OCc2c1cc1n(c2=O)Cc2cc3ccccc3nc2-1. The van der Waals surface area contributed by atoms with Gasteiger partial charge in [0.1, 0.15) is 6.61 Å². The number of para-hydroxylation sites is 1. The van der Waals surface area contributed by atoms with Crippen molar-refractivity contribution in [3.63, 3.8) is 0 Å². The summed E-state index contributed by atoms with van der Waals surface area (Å²) in [6.07, 6.45) is -0.581. The summed E-state index contributed by atoms with van der Waals surface area (Å²) in [4.78, 5) is 42.9. The van der Waals surface area contributed by atoms with Gasteiger partial charge in [-0.25, -0.2) is 19.0 Å². The highest BCUT2D eigenvalue weighted by molar-refractivity contribution is 7.50. The lowest BCUT2D eigenvalue weighted by Crippen LogP contribution is -2.49. The molecule has 1 fully saturated rings. The van der Waals surface area contributed by atoms with Crippen LogP contribution in [-0.4, -0.2) is 50.4 Å². The number of nitrogens with zero attached hydrogens (tertiary/aromatic N) is 3. The van der Waals surface area contributed by atoms with Crippen molar-refractivity contribution in [3.8, 4) is 11.4 Å². The molecule has 4 atom stereocenters. The van der Waals surface area contributed by atoms with E-state index >= 15 is 0 Å². The van der Waals surface area contributed by atoms with Gasteiger partial charge in [-0.3, -0.25) is 9.32 Å². The zero-order chi connectivity index (χ0) is 26.1. The third kappa shape index (κ3) is 3.78. The van der Waals surface area contributed by atoms with Crippen LogP contribution in [0.15, 0.2) is 41.2 Å². The van der Waals surface area contributed by atoms with Gasteiger partial charge in [0.2, 0.25) is 5.60 Å². The van der Waals surface area contributed by atoms with E-state index in [4.69, 9.17) is 19.0 Å². The molecule has 0 saturated carbocycles. The Kier molecular flexibility index (Phi) is 5.67. The molecule has 6 rings (SSSR count). The molecule has 3 aliphatic rings. The molecule has 3 aliphatic heterocycles. The first kappa shape index (κ1) is 24.5. The Labute approximate surface area is 213 Å². The average Bonchev–Trinajstić information content (AvgIpc) is 3.21. The molecule has 0 amide bonds. The van der Waals surface area contributed by atoms with Crippen molar-refractivity contribution < 1.29 is 28.3 Å². The van der Waals surface area contributed by atoms with Crippen molar-refractivity contribution in [1.29, 1.82) is 0 Å². The fourth-order valence-electron chi connectivity index (χ4n) is 5.68. The van der Waals surface area contributed by atoms with Crippen LogP contribution in [0.2, 0.25) is 0 Å². The number of hydrogen-bond donors (Lipinski definition) is 1. The predicted octanol–water partition coefficient (Wildman–Crippen LogP) is 3.31. The molecular weight excluding hydrogens is 497 g/mol. The maximum absolute atomic E-state index is 13.7. The number of morpholine rings is 1. The molecule has 194 valence electrons. The van der Waals surface area contributed by atoms with Gasteiger partial charge in [-0.2, -0.15) is 0 Å². The number of cyclic esters (lactones) is 1. The second kappa shape index (κ2) is 8.58. The summed E-state index contributed by atoms with van der Waals surface area (Å²) >= 11 is 0. The van der Waals surface area contributed by atoms with Gasteiger partial charge in [0.25, 0.3) is 5.56 Å². The normalized spacial score (nSPS) is 26.8. The average molecular weight is 525 g/mol. The second-order valence-corrected chi connectivity index (χ2v) is 11.7. The first-order valence-corrected chi connectivity index (χ1v) is 13.9. The summed E-state index contributed by atoms with van der Waals surface area (Å²) in [7, 11) is -4.49. The Hall–Kier alpha value is -2.88. The van der Waals surface area contributed by atoms with Gasteiger partial charge in [0.05, 0.1) is 41.2 Å². The highest BCUT2D eigenvalue weighted by Crippen LogP contribution is 2.56. The van der Waals surface area contributed by atoms with Gasteiger partial charge in [0, 0.05) is 29.6 Å².